The van der Waals surface area contributed by atoms with E-state index in [0.29, 0.717) is 11.3 Å². The van der Waals surface area contributed by atoms with Gasteiger partial charge >= 0.3 is 0 Å². The Kier molecular flexibility index (Phi) is 8.58. The molecule has 1 aliphatic rings. The molecule has 6 heteroatoms. The third-order valence-electron chi connectivity index (χ3n) is 4.42. The van der Waals surface area contributed by atoms with Gasteiger partial charge in [-0.25, -0.2) is 0 Å². The van der Waals surface area contributed by atoms with E-state index in [1.807, 2.05) is 11.8 Å². The van der Waals surface area contributed by atoms with Gasteiger partial charge in [0.2, 0.25) is 0 Å². The molecule has 1 saturated heterocycles. The molecule has 1 aromatic rings. The first kappa shape index (κ1) is 20.1. The smallest absolute Gasteiger partial charge is 0.191 e. The first-order valence-corrected chi connectivity index (χ1v) is 10.1. The molecular weight excluding hydrogens is 330 g/mol. The van der Waals surface area contributed by atoms with Crippen LogP contribution in [0.25, 0.3) is 0 Å². The molecule has 25 heavy (non-hydrogen) atoms. The second-order valence-corrected chi connectivity index (χ2v) is 8.25. The van der Waals surface area contributed by atoms with Gasteiger partial charge in [0.25, 0.3) is 0 Å². The summed E-state index contributed by atoms with van der Waals surface area (Å²) >= 11 is 1.87. The highest BCUT2D eigenvalue weighted by Gasteiger charge is 2.22. The van der Waals surface area contributed by atoms with Crippen molar-refractivity contribution in [2.24, 2.45) is 4.99 Å². The van der Waals surface area contributed by atoms with Gasteiger partial charge in [-0.15, -0.1) is 11.8 Å². The van der Waals surface area contributed by atoms with E-state index in [-0.39, 0.29) is 0 Å². The lowest BCUT2D eigenvalue weighted by Crippen LogP contribution is -2.55. The first-order valence-electron chi connectivity index (χ1n) is 9.21. The summed E-state index contributed by atoms with van der Waals surface area (Å²) in [7, 11) is 4.41. The van der Waals surface area contributed by atoms with Gasteiger partial charge in [0.05, 0.1) is 6.54 Å². The largest absolute Gasteiger partial charge is 0.357 e. The second kappa shape index (κ2) is 10.7. The monoisotopic (exact) mass is 363 g/mol. The highest BCUT2D eigenvalue weighted by molar-refractivity contribution is 8.00. The molecule has 0 aromatic heterocycles. The molecule has 0 radical (unpaired) electrons. The molecule has 1 aliphatic heterocycles. The maximum absolute atomic E-state index is 4.78. The predicted octanol–water partition coefficient (Wildman–Crippen LogP) is 1.97. The van der Waals surface area contributed by atoms with Crippen LogP contribution >= 0.6 is 11.8 Å². The van der Waals surface area contributed by atoms with E-state index in [1.54, 1.807) is 0 Å². The van der Waals surface area contributed by atoms with Crippen LogP contribution in [-0.4, -0.2) is 80.4 Å². The average molecular weight is 364 g/mol. The Bertz CT molecular complexity index is 522. The van der Waals surface area contributed by atoms with Gasteiger partial charge in [-0.1, -0.05) is 25.1 Å². The topological polar surface area (TPSA) is 42.9 Å². The number of hydrogen-bond acceptors (Lipinski definition) is 4. The van der Waals surface area contributed by atoms with Crippen molar-refractivity contribution in [3.63, 3.8) is 0 Å². The summed E-state index contributed by atoms with van der Waals surface area (Å²) in [5, 5.41) is 7.33. The van der Waals surface area contributed by atoms with E-state index in [9.17, 15) is 0 Å². The van der Waals surface area contributed by atoms with E-state index in [1.165, 1.54) is 4.90 Å². The molecule has 0 spiro atoms. The fourth-order valence-corrected chi connectivity index (χ4v) is 3.79. The standard InChI is InChI=1S/C19H33N5S/c1-5-20-19(22-14-17-15-23(3)11-12-24(17)4)21-13-16(2)25-18-9-7-6-8-10-18/h6-10,16-17H,5,11-15H2,1-4H3,(H2,20,21,22). The summed E-state index contributed by atoms with van der Waals surface area (Å²) in [6.07, 6.45) is 0. The molecule has 5 nitrogen and oxygen atoms in total. The SMILES string of the molecule is CCNC(=NCC(C)Sc1ccccc1)NCC1CN(C)CCN1C. The van der Waals surface area contributed by atoms with Crippen molar-refractivity contribution < 1.29 is 0 Å². The minimum absolute atomic E-state index is 0.446. The van der Waals surface area contributed by atoms with Crippen LogP contribution in [0.3, 0.4) is 0 Å². The summed E-state index contributed by atoms with van der Waals surface area (Å²) in [6, 6.07) is 11.1. The molecular formula is C19H33N5S. The van der Waals surface area contributed by atoms with Crippen molar-refractivity contribution in [1.82, 2.24) is 20.4 Å². The van der Waals surface area contributed by atoms with Gasteiger partial charge in [0.1, 0.15) is 0 Å². The number of piperazine rings is 1. The molecule has 2 unspecified atom stereocenters. The molecule has 140 valence electrons. The number of guanidine groups is 1. The van der Waals surface area contributed by atoms with Crippen molar-refractivity contribution in [3.8, 4) is 0 Å². The minimum Gasteiger partial charge on any atom is -0.357 e. The van der Waals surface area contributed by atoms with Crippen LogP contribution in [0.5, 0.6) is 0 Å². The number of thioether (sulfide) groups is 1. The maximum atomic E-state index is 4.78. The Morgan fingerprint density at radius 3 is 2.72 bits per heavy atom. The Morgan fingerprint density at radius 2 is 2.00 bits per heavy atom. The molecule has 2 rings (SSSR count). The lowest BCUT2D eigenvalue weighted by Gasteiger charge is -2.37. The summed E-state index contributed by atoms with van der Waals surface area (Å²) in [5.41, 5.74) is 0. The van der Waals surface area contributed by atoms with E-state index < -0.39 is 0 Å². The van der Waals surface area contributed by atoms with Crippen LogP contribution in [0.1, 0.15) is 13.8 Å². The van der Waals surface area contributed by atoms with Gasteiger partial charge in [0.15, 0.2) is 5.96 Å². The summed E-state index contributed by atoms with van der Waals surface area (Å²) in [5.74, 6) is 0.921. The summed E-state index contributed by atoms with van der Waals surface area (Å²) in [4.78, 5) is 10.9. The fraction of sp³-hybridized carbons (Fsp3) is 0.632. The van der Waals surface area contributed by atoms with Gasteiger partial charge in [-0.3, -0.25) is 9.89 Å². The molecule has 2 N–H and O–H groups in total. The van der Waals surface area contributed by atoms with Crippen LogP contribution < -0.4 is 10.6 Å². The second-order valence-electron chi connectivity index (χ2n) is 6.74. The zero-order chi connectivity index (χ0) is 18.1. The number of rotatable bonds is 7. The highest BCUT2D eigenvalue weighted by Crippen LogP contribution is 2.22. The Labute approximate surface area is 157 Å². The van der Waals surface area contributed by atoms with E-state index in [0.717, 1.165) is 45.2 Å². The normalized spacial score (nSPS) is 21.1. The number of hydrogen-bond donors (Lipinski definition) is 2. The highest BCUT2D eigenvalue weighted by atomic mass is 32.2. The van der Waals surface area contributed by atoms with E-state index >= 15 is 0 Å². The Balaban J connectivity index is 1.82. The summed E-state index contributed by atoms with van der Waals surface area (Å²) < 4.78 is 0. The predicted molar refractivity (Wildman–Crippen MR) is 110 cm³/mol. The molecule has 2 atom stereocenters. The molecule has 0 saturated carbocycles. The molecule has 0 bridgehead atoms. The fourth-order valence-electron chi connectivity index (χ4n) is 2.87. The zero-order valence-electron chi connectivity index (χ0n) is 16.0. The number of nitrogens with one attached hydrogen (secondary N) is 2. The van der Waals surface area contributed by atoms with Gasteiger partial charge in [-0.2, -0.15) is 0 Å². The third kappa shape index (κ3) is 7.26. The lowest BCUT2D eigenvalue weighted by atomic mass is 10.2. The van der Waals surface area contributed by atoms with Crippen molar-refractivity contribution in [1.29, 1.82) is 0 Å². The number of nitrogens with zero attached hydrogens (tertiary/aromatic N) is 3. The van der Waals surface area contributed by atoms with Crippen LogP contribution in [0.2, 0.25) is 0 Å². The van der Waals surface area contributed by atoms with E-state index in [2.05, 4.69) is 78.7 Å². The Hall–Kier alpha value is -1.24. The molecule has 1 fully saturated rings. The minimum atomic E-state index is 0.446. The van der Waals surface area contributed by atoms with Gasteiger partial charge in [0, 0.05) is 48.9 Å². The van der Waals surface area contributed by atoms with Crippen molar-refractivity contribution >= 4 is 17.7 Å². The van der Waals surface area contributed by atoms with Crippen LogP contribution in [0.15, 0.2) is 40.2 Å². The third-order valence-corrected chi connectivity index (χ3v) is 5.51. The number of aliphatic imine (C=N–C) groups is 1. The molecule has 0 amide bonds. The number of benzene rings is 1. The van der Waals surface area contributed by atoms with Crippen molar-refractivity contribution in [2.75, 3.05) is 53.4 Å². The zero-order valence-corrected chi connectivity index (χ0v) is 16.9. The van der Waals surface area contributed by atoms with Crippen LogP contribution in [0, 0.1) is 0 Å². The first-order chi connectivity index (χ1) is 12.1. The number of likely N-dealkylation sites (N-methyl/N-ethyl adjacent to an activating group) is 2. The molecule has 1 aromatic carbocycles. The van der Waals surface area contributed by atoms with Gasteiger partial charge in [-0.05, 0) is 33.2 Å². The van der Waals surface area contributed by atoms with Crippen molar-refractivity contribution in [3.05, 3.63) is 30.3 Å². The van der Waals surface area contributed by atoms with Crippen LogP contribution in [-0.2, 0) is 0 Å². The van der Waals surface area contributed by atoms with Crippen molar-refractivity contribution in [2.45, 2.75) is 30.0 Å². The Morgan fingerprint density at radius 1 is 1.24 bits per heavy atom. The average Bonchev–Trinajstić information content (AvgIpc) is 2.61. The molecule has 0 aliphatic carbocycles. The summed E-state index contributed by atoms with van der Waals surface area (Å²) in [6.45, 7) is 10.3. The van der Waals surface area contributed by atoms with Gasteiger partial charge < -0.3 is 15.5 Å². The van der Waals surface area contributed by atoms with Crippen LogP contribution in [0.4, 0.5) is 0 Å². The lowest BCUT2D eigenvalue weighted by molar-refractivity contribution is 0.116. The van der Waals surface area contributed by atoms with E-state index in [4.69, 9.17) is 4.99 Å². The maximum Gasteiger partial charge on any atom is 0.191 e. The molecule has 1 heterocycles. The quantitative estimate of drug-likeness (QED) is 0.440.